The molecule has 3 N–H and O–H groups in total. The van der Waals surface area contributed by atoms with E-state index >= 15 is 0 Å². The van der Waals surface area contributed by atoms with E-state index in [1.165, 1.54) is 0 Å². The summed E-state index contributed by atoms with van der Waals surface area (Å²) in [4.78, 5) is 4.56. The van der Waals surface area contributed by atoms with E-state index in [4.69, 9.17) is 4.42 Å². The Kier molecular flexibility index (Phi) is 12.7. The molecule has 0 spiro atoms. The molecule has 1 rings (SSSR count). The minimum atomic E-state index is -0.715. The first-order valence-corrected chi connectivity index (χ1v) is 8.51. The number of rotatable bonds is 11. The summed E-state index contributed by atoms with van der Waals surface area (Å²) >= 11 is 0. The van der Waals surface area contributed by atoms with Crippen LogP contribution in [0.3, 0.4) is 0 Å². The van der Waals surface area contributed by atoms with E-state index in [9.17, 15) is 5.11 Å². The van der Waals surface area contributed by atoms with Gasteiger partial charge < -0.3 is 20.2 Å². The zero-order valence-corrected chi connectivity index (χ0v) is 17.2. The molecule has 5 nitrogen and oxygen atoms in total. The Labute approximate surface area is 163 Å². The second-order valence-electron chi connectivity index (χ2n) is 5.81. The standard InChI is InChI=1S/C18H31N3O2.HI/c1-4-10-18(22,11-5-2)15-21-17(19-12-6-3)20-13-9-16-8-7-14-23-16;/h6-8,14,22H,3-5,9-13,15H2,1-2H3,(H2,19,20,21);1H. The van der Waals surface area contributed by atoms with Crippen molar-refractivity contribution in [2.45, 2.75) is 51.6 Å². The zero-order chi connectivity index (χ0) is 17.0. The monoisotopic (exact) mass is 449 g/mol. The molecule has 0 atom stereocenters. The molecule has 0 unspecified atom stereocenters. The average Bonchev–Trinajstić information content (AvgIpc) is 3.03. The molecule has 0 aromatic carbocycles. The first-order chi connectivity index (χ1) is 11.1. The Bertz CT molecular complexity index is 455. The van der Waals surface area contributed by atoms with Crippen molar-refractivity contribution in [2.24, 2.45) is 4.99 Å². The van der Waals surface area contributed by atoms with Crippen molar-refractivity contribution in [2.75, 3.05) is 19.6 Å². The highest BCUT2D eigenvalue weighted by Gasteiger charge is 2.24. The Morgan fingerprint density at radius 2 is 2.04 bits per heavy atom. The molecule has 0 bridgehead atoms. The van der Waals surface area contributed by atoms with E-state index in [1.807, 2.05) is 12.1 Å². The van der Waals surface area contributed by atoms with Gasteiger partial charge in [0.25, 0.3) is 0 Å². The van der Waals surface area contributed by atoms with Gasteiger partial charge in [-0.1, -0.05) is 32.8 Å². The zero-order valence-electron chi connectivity index (χ0n) is 14.9. The van der Waals surface area contributed by atoms with Gasteiger partial charge in [-0.25, -0.2) is 0 Å². The predicted molar refractivity (Wildman–Crippen MR) is 111 cm³/mol. The van der Waals surface area contributed by atoms with E-state index in [1.54, 1.807) is 12.3 Å². The molecular formula is C18H32IN3O2. The summed E-state index contributed by atoms with van der Waals surface area (Å²) < 4.78 is 5.32. The third-order valence-corrected chi connectivity index (χ3v) is 3.62. The molecule has 0 aliphatic rings. The quantitative estimate of drug-likeness (QED) is 0.209. The first-order valence-electron chi connectivity index (χ1n) is 8.51. The predicted octanol–water partition coefficient (Wildman–Crippen LogP) is 3.49. The molecule has 0 saturated heterocycles. The molecule has 138 valence electrons. The minimum absolute atomic E-state index is 0. The van der Waals surface area contributed by atoms with Crippen molar-refractivity contribution in [1.29, 1.82) is 0 Å². The van der Waals surface area contributed by atoms with Gasteiger partial charge in [0.05, 0.1) is 18.4 Å². The lowest BCUT2D eigenvalue weighted by atomic mass is 9.93. The molecule has 24 heavy (non-hydrogen) atoms. The van der Waals surface area contributed by atoms with Crippen molar-refractivity contribution in [1.82, 2.24) is 10.6 Å². The molecule has 1 heterocycles. The van der Waals surface area contributed by atoms with Gasteiger partial charge in [-0.05, 0) is 25.0 Å². The van der Waals surface area contributed by atoms with Crippen LogP contribution in [0.1, 0.15) is 45.3 Å². The number of aliphatic hydroxyl groups is 1. The number of furan rings is 1. The molecule has 0 radical (unpaired) electrons. The molecule has 0 aliphatic carbocycles. The van der Waals surface area contributed by atoms with Gasteiger partial charge in [-0.3, -0.25) is 4.99 Å². The molecule has 1 aromatic heterocycles. The molecule has 6 heteroatoms. The van der Waals surface area contributed by atoms with E-state index in [0.717, 1.165) is 44.4 Å². The number of halogens is 1. The van der Waals surface area contributed by atoms with Gasteiger partial charge in [0.2, 0.25) is 0 Å². The highest BCUT2D eigenvalue weighted by Crippen LogP contribution is 2.19. The number of guanidine groups is 1. The maximum Gasteiger partial charge on any atom is 0.191 e. The van der Waals surface area contributed by atoms with E-state index in [2.05, 4.69) is 36.1 Å². The third kappa shape index (κ3) is 9.32. The Morgan fingerprint density at radius 3 is 2.58 bits per heavy atom. The van der Waals surface area contributed by atoms with Crippen LogP contribution >= 0.6 is 24.0 Å². The summed E-state index contributed by atoms with van der Waals surface area (Å²) in [6.07, 6.45) is 7.69. The summed E-state index contributed by atoms with van der Waals surface area (Å²) in [6, 6.07) is 3.84. The van der Waals surface area contributed by atoms with Crippen LogP contribution in [0.25, 0.3) is 0 Å². The van der Waals surface area contributed by atoms with E-state index in [0.29, 0.717) is 19.0 Å². The highest BCUT2D eigenvalue weighted by molar-refractivity contribution is 14.0. The molecule has 0 amide bonds. The van der Waals surface area contributed by atoms with Crippen LogP contribution in [0, 0.1) is 0 Å². The van der Waals surface area contributed by atoms with Crippen LogP contribution < -0.4 is 10.6 Å². The smallest absolute Gasteiger partial charge is 0.191 e. The van der Waals surface area contributed by atoms with Crippen LogP contribution in [0.15, 0.2) is 40.5 Å². The maximum atomic E-state index is 10.7. The average molecular weight is 449 g/mol. The second-order valence-corrected chi connectivity index (χ2v) is 5.81. The summed E-state index contributed by atoms with van der Waals surface area (Å²) in [5.41, 5.74) is -0.715. The normalized spacial score (nSPS) is 11.7. The molecule has 0 saturated carbocycles. The third-order valence-electron chi connectivity index (χ3n) is 3.62. The van der Waals surface area contributed by atoms with Gasteiger partial charge >= 0.3 is 0 Å². The Balaban J connectivity index is 0.00000529. The fourth-order valence-corrected chi connectivity index (χ4v) is 2.54. The largest absolute Gasteiger partial charge is 0.469 e. The van der Waals surface area contributed by atoms with Crippen molar-refractivity contribution in [3.8, 4) is 0 Å². The lowest BCUT2D eigenvalue weighted by Crippen LogP contribution is -2.41. The lowest BCUT2D eigenvalue weighted by molar-refractivity contribution is 0.0306. The second kappa shape index (κ2) is 13.3. The van der Waals surface area contributed by atoms with Crippen LogP contribution in [0.4, 0.5) is 0 Å². The summed E-state index contributed by atoms with van der Waals surface area (Å²) in [5, 5.41) is 17.1. The first kappa shape index (κ1) is 23.0. The fourth-order valence-electron chi connectivity index (χ4n) is 2.54. The van der Waals surface area contributed by atoms with Crippen LogP contribution in [0.5, 0.6) is 0 Å². The van der Waals surface area contributed by atoms with Crippen LogP contribution in [0.2, 0.25) is 0 Å². The van der Waals surface area contributed by atoms with E-state index in [-0.39, 0.29) is 24.0 Å². The van der Waals surface area contributed by atoms with Gasteiger partial charge in [0.15, 0.2) is 5.96 Å². The molecule has 1 aromatic rings. The minimum Gasteiger partial charge on any atom is -0.469 e. The van der Waals surface area contributed by atoms with Gasteiger partial charge in [-0.2, -0.15) is 0 Å². The Morgan fingerprint density at radius 1 is 1.33 bits per heavy atom. The summed E-state index contributed by atoms with van der Waals surface area (Å²) in [5.74, 6) is 1.64. The number of nitrogens with one attached hydrogen (secondary N) is 2. The lowest BCUT2D eigenvalue weighted by Gasteiger charge is -2.26. The fraction of sp³-hybridized carbons (Fsp3) is 0.611. The van der Waals surface area contributed by atoms with Crippen molar-refractivity contribution < 1.29 is 9.52 Å². The summed E-state index contributed by atoms with van der Waals surface area (Å²) in [7, 11) is 0. The van der Waals surface area contributed by atoms with Crippen LogP contribution in [-0.4, -0.2) is 36.3 Å². The Hall–Kier alpha value is -1.02. The number of aliphatic imine (C=N–C) groups is 1. The summed E-state index contributed by atoms with van der Waals surface area (Å²) in [6.45, 7) is 9.64. The van der Waals surface area contributed by atoms with Gasteiger partial charge in [0.1, 0.15) is 5.76 Å². The maximum absolute atomic E-state index is 10.7. The molecule has 0 aliphatic heterocycles. The van der Waals surface area contributed by atoms with Gasteiger partial charge in [-0.15, -0.1) is 30.6 Å². The van der Waals surface area contributed by atoms with Crippen molar-refractivity contribution in [3.05, 3.63) is 36.8 Å². The number of hydrogen-bond acceptors (Lipinski definition) is 3. The van der Waals surface area contributed by atoms with Gasteiger partial charge in [0, 0.05) is 19.5 Å². The van der Waals surface area contributed by atoms with Crippen molar-refractivity contribution in [3.63, 3.8) is 0 Å². The molecule has 0 fully saturated rings. The highest BCUT2D eigenvalue weighted by atomic mass is 127. The van der Waals surface area contributed by atoms with Crippen LogP contribution in [-0.2, 0) is 6.42 Å². The van der Waals surface area contributed by atoms with E-state index < -0.39 is 5.60 Å². The number of hydrogen-bond donors (Lipinski definition) is 3. The SMILES string of the molecule is C=CCNC(=NCC(O)(CCC)CCC)NCCc1ccco1.I. The molecular weight excluding hydrogens is 417 g/mol. The number of nitrogens with zero attached hydrogens (tertiary/aromatic N) is 1. The van der Waals surface area contributed by atoms with Crippen molar-refractivity contribution >= 4 is 29.9 Å². The topological polar surface area (TPSA) is 69.8 Å².